The molecule has 4 aliphatic carbocycles. The third-order valence-electron chi connectivity index (χ3n) is 11.7. The molecular weight excluding hydrogens is 632 g/mol. The fourth-order valence-electron chi connectivity index (χ4n) is 9.64. The van der Waals surface area contributed by atoms with Gasteiger partial charge in [0.1, 0.15) is 12.2 Å². The Kier molecular flexibility index (Phi) is 9.97. The highest BCUT2D eigenvalue weighted by Gasteiger charge is 2.68. The topological polar surface area (TPSA) is 198 Å². The molecule has 0 spiro atoms. The highest BCUT2D eigenvalue weighted by molar-refractivity contribution is 5.92. The van der Waals surface area contributed by atoms with Crippen molar-refractivity contribution in [2.24, 2.45) is 28.6 Å². The summed E-state index contributed by atoms with van der Waals surface area (Å²) in [4.78, 5) is 75.2. The van der Waals surface area contributed by atoms with Crippen molar-refractivity contribution in [3.63, 3.8) is 0 Å². The predicted octanol–water partition coefficient (Wildman–Crippen LogP) is 1.50. The van der Waals surface area contributed by atoms with Gasteiger partial charge in [-0.1, -0.05) is 19.4 Å². The monoisotopic (exact) mass is 678 g/mol. The van der Waals surface area contributed by atoms with Crippen molar-refractivity contribution in [3.8, 4) is 0 Å². The molecule has 4 fully saturated rings. The number of aliphatic hydroxyl groups is 2. The first-order valence-electron chi connectivity index (χ1n) is 16.5. The minimum Gasteiger partial charge on any atom is -0.467 e. The molecule has 12 atom stereocenters. The van der Waals surface area contributed by atoms with Gasteiger partial charge in [0.2, 0.25) is 0 Å². The van der Waals surface area contributed by atoms with Crippen molar-refractivity contribution in [2.75, 3.05) is 13.7 Å². The molecule has 1 heterocycles. The number of carbonyl (C=O) groups excluding carboxylic acids is 6. The molecule has 0 bridgehead atoms. The first-order chi connectivity index (χ1) is 22.5. The van der Waals surface area contributed by atoms with E-state index in [1.807, 2.05) is 6.92 Å². The second kappa shape index (κ2) is 13.3. The number of Topliss-reactive ketones (excluding diaryl/α,β-unsaturated/α-hetero) is 1. The summed E-state index contributed by atoms with van der Waals surface area (Å²) in [6, 6.07) is 0. The number of carbonyl (C=O) groups is 6. The van der Waals surface area contributed by atoms with Gasteiger partial charge in [0.15, 0.2) is 42.3 Å². The third kappa shape index (κ3) is 6.09. The normalized spacial score (nSPS) is 41.9. The molecule has 5 aliphatic rings. The van der Waals surface area contributed by atoms with E-state index in [0.29, 0.717) is 25.7 Å². The fraction of sp³-hybridized carbons (Fsp3) is 0.765. The molecule has 3 saturated carbocycles. The minimum absolute atomic E-state index is 0.0235. The molecule has 0 aromatic rings. The van der Waals surface area contributed by atoms with Crippen LogP contribution in [0.5, 0.6) is 0 Å². The molecule has 266 valence electrons. The Morgan fingerprint density at radius 2 is 1.54 bits per heavy atom. The highest BCUT2D eigenvalue weighted by atomic mass is 16.7. The highest BCUT2D eigenvalue weighted by Crippen LogP contribution is 2.67. The zero-order valence-corrected chi connectivity index (χ0v) is 28.2. The molecule has 0 radical (unpaired) electrons. The Morgan fingerprint density at radius 1 is 0.917 bits per heavy atom. The summed E-state index contributed by atoms with van der Waals surface area (Å²) in [6.45, 7) is 6.38. The molecule has 0 unspecified atom stereocenters. The number of esters is 4. The summed E-state index contributed by atoms with van der Waals surface area (Å²) in [5, 5.41) is 23.9. The maximum Gasteiger partial charge on any atom is 0.339 e. The van der Waals surface area contributed by atoms with Crippen LogP contribution >= 0.6 is 0 Å². The summed E-state index contributed by atoms with van der Waals surface area (Å²) in [5.74, 6) is -4.35. The van der Waals surface area contributed by atoms with E-state index in [9.17, 15) is 39.0 Å². The van der Waals surface area contributed by atoms with Crippen LogP contribution in [0.2, 0.25) is 0 Å². The summed E-state index contributed by atoms with van der Waals surface area (Å²) < 4.78 is 32.4. The molecule has 0 aromatic carbocycles. The number of allylic oxidation sites excluding steroid dienone is 1. The number of ether oxygens (including phenoxy) is 6. The fourth-order valence-corrected chi connectivity index (χ4v) is 9.64. The second-order valence-corrected chi connectivity index (χ2v) is 14.4. The number of hydrogen-bond donors (Lipinski definition) is 2. The van der Waals surface area contributed by atoms with Gasteiger partial charge in [-0.05, 0) is 67.8 Å². The average molecular weight is 679 g/mol. The van der Waals surface area contributed by atoms with Crippen molar-refractivity contribution in [1.29, 1.82) is 0 Å². The first kappa shape index (κ1) is 36.1. The maximum absolute atomic E-state index is 14.0. The van der Waals surface area contributed by atoms with Gasteiger partial charge >= 0.3 is 23.9 Å². The Hall–Kier alpha value is -3.20. The van der Waals surface area contributed by atoms with E-state index in [1.165, 1.54) is 0 Å². The van der Waals surface area contributed by atoms with Crippen LogP contribution in [-0.2, 0) is 57.2 Å². The van der Waals surface area contributed by atoms with Gasteiger partial charge in [0.25, 0.3) is 0 Å². The SMILES string of the molecule is COC(=O)[C@@H]1O[C@H](OCC(=O)[C@]2(O)CC[C@@H]3[C@H]4CCC5=CC(=O)CC[C@]5(C)[C@@H]4[C@@H](O)C[C@]32C)[C@@H](OC(C)=O)[C@H](OC(C)=O)[C@H]1OC(C)=O. The van der Waals surface area contributed by atoms with E-state index in [0.717, 1.165) is 39.9 Å². The van der Waals surface area contributed by atoms with Crippen molar-refractivity contribution in [1.82, 2.24) is 0 Å². The Labute approximate surface area is 278 Å². The zero-order chi connectivity index (χ0) is 35.3. The second-order valence-electron chi connectivity index (χ2n) is 14.4. The van der Waals surface area contributed by atoms with Crippen LogP contribution < -0.4 is 0 Å². The van der Waals surface area contributed by atoms with Crippen LogP contribution in [0.3, 0.4) is 0 Å². The van der Waals surface area contributed by atoms with Gasteiger partial charge in [-0.2, -0.15) is 0 Å². The van der Waals surface area contributed by atoms with Crippen LogP contribution in [0.4, 0.5) is 0 Å². The van der Waals surface area contributed by atoms with Gasteiger partial charge in [0, 0.05) is 32.6 Å². The van der Waals surface area contributed by atoms with Crippen LogP contribution in [0.25, 0.3) is 0 Å². The molecule has 0 amide bonds. The summed E-state index contributed by atoms with van der Waals surface area (Å²) in [5.41, 5.74) is -2.17. The number of rotatable bonds is 8. The van der Waals surface area contributed by atoms with Crippen LogP contribution in [0.15, 0.2) is 11.6 Å². The zero-order valence-electron chi connectivity index (χ0n) is 28.2. The number of methoxy groups -OCH3 is 1. The molecule has 0 aromatic heterocycles. The molecule has 14 heteroatoms. The van der Waals surface area contributed by atoms with Gasteiger partial charge in [-0.25, -0.2) is 4.79 Å². The maximum atomic E-state index is 14.0. The molecule has 1 aliphatic heterocycles. The standard InChI is InChI=1S/C34H46O14/c1-16(35)45-26-27(46-17(2)36)29(47-18(3)37)31(48-28(26)30(41)43-6)44-15-24(40)34(42)12-10-22-21-8-7-19-13-20(38)9-11-32(19,4)25(21)23(39)14-33(22,34)5/h13,21-23,25-29,31,39,42H,7-12,14-15H2,1-6H3/t21-,22-,23+,25+,26-,27-,28-,29+,31+,32+,33-,34-/m1/s1. The summed E-state index contributed by atoms with van der Waals surface area (Å²) in [7, 11) is 1.06. The van der Waals surface area contributed by atoms with Crippen molar-refractivity contribution >= 4 is 35.4 Å². The van der Waals surface area contributed by atoms with E-state index in [-0.39, 0.29) is 41.8 Å². The van der Waals surface area contributed by atoms with Crippen molar-refractivity contribution in [3.05, 3.63) is 11.6 Å². The quantitative estimate of drug-likeness (QED) is 0.277. The number of aliphatic hydroxyl groups excluding tert-OH is 1. The van der Waals surface area contributed by atoms with E-state index in [4.69, 9.17) is 28.4 Å². The number of fused-ring (bicyclic) bond motifs is 5. The Morgan fingerprint density at radius 3 is 2.17 bits per heavy atom. The van der Waals surface area contributed by atoms with Crippen LogP contribution in [0.1, 0.15) is 79.6 Å². The molecular formula is C34H46O14. The van der Waals surface area contributed by atoms with Gasteiger partial charge in [-0.15, -0.1) is 0 Å². The molecule has 2 N–H and O–H groups in total. The van der Waals surface area contributed by atoms with Gasteiger partial charge in [0.05, 0.1) is 13.2 Å². The lowest BCUT2D eigenvalue weighted by Gasteiger charge is -2.60. The van der Waals surface area contributed by atoms with E-state index < -0.39 is 84.1 Å². The molecule has 48 heavy (non-hydrogen) atoms. The largest absolute Gasteiger partial charge is 0.467 e. The molecule has 5 rings (SSSR count). The Balaban J connectivity index is 1.39. The van der Waals surface area contributed by atoms with Crippen LogP contribution in [0, 0.1) is 28.6 Å². The van der Waals surface area contributed by atoms with Crippen molar-refractivity contribution < 1.29 is 67.4 Å². The van der Waals surface area contributed by atoms with E-state index in [2.05, 4.69) is 6.92 Å². The molecule has 1 saturated heterocycles. The number of ketones is 2. The predicted molar refractivity (Wildman–Crippen MR) is 161 cm³/mol. The van der Waals surface area contributed by atoms with Gasteiger partial charge < -0.3 is 38.6 Å². The lowest BCUT2D eigenvalue weighted by atomic mass is 9.45. The van der Waals surface area contributed by atoms with Gasteiger partial charge in [-0.3, -0.25) is 24.0 Å². The van der Waals surface area contributed by atoms with E-state index >= 15 is 0 Å². The van der Waals surface area contributed by atoms with Crippen LogP contribution in [-0.4, -0.2) is 102 Å². The smallest absolute Gasteiger partial charge is 0.339 e. The number of hydrogen-bond acceptors (Lipinski definition) is 14. The first-order valence-corrected chi connectivity index (χ1v) is 16.5. The lowest BCUT2D eigenvalue weighted by molar-refractivity contribution is -0.300. The molecule has 14 nitrogen and oxygen atoms in total. The lowest BCUT2D eigenvalue weighted by Crippen LogP contribution is -2.64. The van der Waals surface area contributed by atoms with Crippen molar-refractivity contribution in [2.45, 2.75) is 122 Å². The summed E-state index contributed by atoms with van der Waals surface area (Å²) in [6.07, 6.45) is -3.88. The minimum atomic E-state index is -1.90. The third-order valence-corrected chi connectivity index (χ3v) is 11.7. The Bertz CT molecular complexity index is 1390. The van der Waals surface area contributed by atoms with E-state index in [1.54, 1.807) is 6.08 Å². The summed E-state index contributed by atoms with van der Waals surface area (Å²) >= 11 is 0. The average Bonchev–Trinajstić information content (AvgIpc) is 3.27.